The first kappa shape index (κ1) is 22.8. The second-order valence-electron chi connectivity index (χ2n) is 5.46. The Morgan fingerprint density at radius 3 is 2.38 bits per heavy atom. The fourth-order valence-corrected chi connectivity index (χ4v) is 2.36. The van der Waals surface area contributed by atoms with E-state index in [4.69, 9.17) is 5.73 Å². The predicted molar refractivity (Wildman–Crippen MR) is 88.9 cm³/mol. The van der Waals surface area contributed by atoms with Gasteiger partial charge in [0.1, 0.15) is 0 Å². The molecule has 0 unspecified atom stereocenters. The van der Waals surface area contributed by atoms with E-state index >= 15 is 0 Å². The molecular formula is C14H20Cl2F3N3O2. The van der Waals surface area contributed by atoms with Crippen LogP contribution in [-0.4, -0.2) is 29.2 Å². The molecule has 138 valence electrons. The van der Waals surface area contributed by atoms with Crippen molar-refractivity contribution in [1.29, 1.82) is 0 Å². The maximum atomic E-state index is 12.2. The molecule has 5 nitrogen and oxygen atoms in total. The van der Waals surface area contributed by atoms with Crippen LogP contribution >= 0.6 is 24.8 Å². The minimum absolute atomic E-state index is 0. The third-order valence-electron chi connectivity index (χ3n) is 3.58. The highest BCUT2D eigenvalue weighted by atomic mass is 35.5. The van der Waals surface area contributed by atoms with Crippen LogP contribution in [0, 0.1) is 0 Å². The van der Waals surface area contributed by atoms with E-state index in [9.17, 15) is 18.0 Å². The van der Waals surface area contributed by atoms with Crippen LogP contribution in [0.15, 0.2) is 18.3 Å². The summed E-state index contributed by atoms with van der Waals surface area (Å²) in [6.45, 7) is -1.41. The normalized spacial score (nSPS) is 16.3. The smallest absolute Gasteiger partial charge is 0.422 e. The van der Waals surface area contributed by atoms with Gasteiger partial charge in [0.05, 0.1) is 17.4 Å². The molecular weight excluding hydrogens is 370 g/mol. The molecule has 0 saturated heterocycles. The Morgan fingerprint density at radius 1 is 1.25 bits per heavy atom. The number of nitrogens with two attached hydrogens (primary N) is 1. The fraction of sp³-hybridized carbons (Fsp3) is 0.571. The minimum Gasteiger partial charge on any atom is -0.468 e. The van der Waals surface area contributed by atoms with Gasteiger partial charge in [-0.3, -0.25) is 4.79 Å². The molecule has 0 radical (unpaired) electrons. The number of carbonyl (C=O) groups is 1. The molecule has 1 aliphatic carbocycles. The van der Waals surface area contributed by atoms with Gasteiger partial charge < -0.3 is 15.8 Å². The average Bonchev–Trinajstić information content (AvgIpc) is 2.46. The second-order valence-corrected chi connectivity index (χ2v) is 5.46. The zero-order valence-corrected chi connectivity index (χ0v) is 14.4. The number of halogens is 5. The summed E-state index contributed by atoms with van der Waals surface area (Å²) in [5.74, 6) is -0.451. The Balaban J connectivity index is 0.00000264. The molecule has 1 saturated carbocycles. The van der Waals surface area contributed by atoms with E-state index in [1.807, 2.05) is 0 Å². The van der Waals surface area contributed by atoms with E-state index in [1.165, 1.54) is 18.3 Å². The SMILES string of the molecule is Cl.Cl.NC1(C(=O)Nc2ccc(OCC(F)(F)F)nc2)CCCCC1. The Kier molecular flexibility index (Phi) is 8.81. The lowest BCUT2D eigenvalue weighted by Gasteiger charge is -2.31. The molecule has 0 spiro atoms. The lowest BCUT2D eigenvalue weighted by molar-refractivity contribution is -0.154. The average molecular weight is 390 g/mol. The number of amides is 1. The Hall–Kier alpha value is -1.25. The molecule has 3 N–H and O–H groups in total. The number of hydrogen-bond donors (Lipinski definition) is 2. The molecule has 1 aromatic rings. The second kappa shape index (κ2) is 9.29. The van der Waals surface area contributed by atoms with Crippen molar-refractivity contribution in [3.05, 3.63) is 18.3 Å². The number of alkyl halides is 3. The number of hydrogen-bond acceptors (Lipinski definition) is 4. The van der Waals surface area contributed by atoms with Gasteiger partial charge in [-0.25, -0.2) is 4.98 Å². The van der Waals surface area contributed by atoms with Crippen molar-refractivity contribution in [2.24, 2.45) is 5.73 Å². The fourth-order valence-electron chi connectivity index (χ4n) is 2.36. The van der Waals surface area contributed by atoms with Crippen LogP contribution < -0.4 is 15.8 Å². The van der Waals surface area contributed by atoms with Gasteiger partial charge in [-0.05, 0) is 18.9 Å². The number of nitrogens with one attached hydrogen (secondary N) is 1. The van der Waals surface area contributed by atoms with E-state index in [-0.39, 0.29) is 36.6 Å². The summed E-state index contributed by atoms with van der Waals surface area (Å²) in [4.78, 5) is 15.9. The maximum absolute atomic E-state index is 12.2. The van der Waals surface area contributed by atoms with Crippen LogP contribution in [0.4, 0.5) is 18.9 Å². The van der Waals surface area contributed by atoms with Gasteiger partial charge in [0, 0.05) is 6.07 Å². The van der Waals surface area contributed by atoms with Crippen LogP contribution in [0.5, 0.6) is 5.88 Å². The first-order valence-corrected chi connectivity index (χ1v) is 7.04. The van der Waals surface area contributed by atoms with Crippen molar-refractivity contribution >= 4 is 36.4 Å². The lowest BCUT2D eigenvalue weighted by atomic mass is 9.82. The molecule has 0 bridgehead atoms. The predicted octanol–water partition coefficient (Wildman–Crippen LogP) is 3.47. The van der Waals surface area contributed by atoms with Gasteiger partial charge >= 0.3 is 6.18 Å². The van der Waals surface area contributed by atoms with Crippen molar-refractivity contribution in [3.8, 4) is 5.88 Å². The third-order valence-corrected chi connectivity index (χ3v) is 3.58. The molecule has 1 heterocycles. The highest BCUT2D eigenvalue weighted by molar-refractivity contribution is 5.97. The molecule has 10 heteroatoms. The molecule has 0 aliphatic heterocycles. The standard InChI is InChI=1S/C14H18F3N3O2.2ClH/c15-14(16,17)9-22-11-5-4-10(8-19-11)20-12(21)13(18)6-2-1-3-7-13;;/h4-5,8H,1-3,6-7,9,18H2,(H,20,21);2*1H. The molecule has 0 aromatic carbocycles. The van der Waals surface area contributed by atoms with Gasteiger partial charge in [-0.15, -0.1) is 24.8 Å². The Morgan fingerprint density at radius 2 is 1.88 bits per heavy atom. The van der Waals surface area contributed by atoms with Crippen molar-refractivity contribution in [3.63, 3.8) is 0 Å². The number of anilines is 1. The first-order chi connectivity index (χ1) is 10.3. The van der Waals surface area contributed by atoms with E-state index in [0.29, 0.717) is 18.5 Å². The van der Waals surface area contributed by atoms with Crippen LogP contribution in [-0.2, 0) is 4.79 Å². The highest BCUT2D eigenvalue weighted by Gasteiger charge is 2.35. The number of carbonyl (C=O) groups excluding carboxylic acids is 1. The Bertz CT molecular complexity index is 521. The number of aromatic nitrogens is 1. The van der Waals surface area contributed by atoms with Gasteiger partial charge in [0.2, 0.25) is 11.8 Å². The molecule has 1 aromatic heterocycles. The van der Waals surface area contributed by atoms with Crippen molar-refractivity contribution < 1.29 is 22.7 Å². The molecule has 24 heavy (non-hydrogen) atoms. The van der Waals surface area contributed by atoms with E-state index in [0.717, 1.165) is 19.3 Å². The van der Waals surface area contributed by atoms with Crippen molar-refractivity contribution in [1.82, 2.24) is 4.98 Å². The molecule has 1 aliphatic rings. The summed E-state index contributed by atoms with van der Waals surface area (Å²) in [5.41, 5.74) is 5.58. The van der Waals surface area contributed by atoms with Crippen LogP contribution in [0.3, 0.4) is 0 Å². The molecule has 1 amide bonds. The largest absolute Gasteiger partial charge is 0.468 e. The maximum Gasteiger partial charge on any atom is 0.422 e. The van der Waals surface area contributed by atoms with Crippen molar-refractivity contribution in [2.45, 2.75) is 43.8 Å². The van der Waals surface area contributed by atoms with E-state index in [1.54, 1.807) is 0 Å². The van der Waals surface area contributed by atoms with Crippen LogP contribution in [0.1, 0.15) is 32.1 Å². The van der Waals surface area contributed by atoms with Crippen LogP contribution in [0.25, 0.3) is 0 Å². The monoisotopic (exact) mass is 389 g/mol. The first-order valence-electron chi connectivity index (χ1n) is 7.04. The quantitative estimate of drug-likeness (QED) is 0.826. The van der Waals surface area contributed by atoms with Gasteiger partial charge in [-0.2, -0.15) is 13.2 Å². The lowest BCUT2D eigenvalue weighted by Crippen LogP contribution is -2.52. The topological polar surface area (TPSA) is 77.2 Å². The summed E-state index contributed by atoms with van der Waals surface area (Å²) < 4.78 is 40.5. The molecule has 0 atom stereocenters. The summed E-state index contributed by atoms with van der Waals surface area (Å²) in [5, 5.41) is 2.65. The number of nitrogens with zero attached hydrogens (tertiary/aromatic N) is 1. The third kappa shape index (κ3) is 6.70. The summed E-state index contributed by atoms with van der Waals surface area (Å²) in [7, 11) is 0. The van der Waals surface area contributed by atoms with Gasteiger partial charge in [-0.1, -0.05) is 19.3 Å². The zero-order valence-electron chi connectivity index (χ0n) is 12.8. The number of rotatable bonds is 4. The summed E-state index contributed by atoms with van der Waals surface area (Å²) in [6.07, 6.45) is 0.965. The number of ether oxygens (including phenoxy) is 1. The minimum atomic E-state index is -4.42. The molecule has 1 fully saturated rings. The Labute approximate surface area is 150 Å². The number of pyridine rings is 1. The zero-order chi connectivity index (χ0) is 16.2. The highest BCUT2D eigenvalue weighted by Crippen LogP contribution is 2.27. The van der Waals surface area contributed by atoms with Crippen LogP contribution in [0.2, 0.25) is 0 Å². The van der Waals surface area contributed by atoms with E-state index < -0.39 is 18.3 Å². The summed E-state index contributed by atoms with van der Waals surface area (Å²) in [6, 6.07) is 2.70. The van der Waals surface area contributed by atoms with Crippen molar-refractivity contribution in [2.75, 3.05) is 11.9 Å². The van der Waals surface area contributed by atoms with Gasteiger partial charge in [0.15, 0.2) is 6.61 Å². The van der Waals surface area contributed by atoms with E-state index in [2.05, 4.69) is 15.0 Å². The van der Waals surface area contributed by atoms with Gasteiger partial charge in [0.25, 0.3) is 0 Å². The summed E-state index contributed by atoms with van der Waals surface area (Å²) >= 11 is 0. The molecule has 2 rings (SSSR count).